The molecule has 1 aromatic carbocycles. The number of carbonyl (C=O) groups excluding carboxylic acids is 2. The topological polar surface area (TPSA) is 52.6 Å². The van der Waals surface area contributed by atoms with Crippen LogP contribution in [0.15, 0.2) is 36.4 Å². The highest BCUT2D eigenvalue weighted by molar-refractivity contribution is 5.90. The highest BCUT2D eigenvalue weighted by Gasteiger charge is 2.32. The van der Waals surface area contributed by atoms with Crippen LogP contribution in [0.4, 0.5) is 13.2 Å². The molecule has 1 rings (SSSR count). The van der Waals surface area contributed by atoms with E-state index in [0.29, 0.717) is 0 Å². The minimum absolute atomic E-state index is 0.181. The van der Waals surface area contributed by atoms with Gasteiger partial charge in [-0.1, -0.05) is 18.7 Å². The number of rotatable bonds is 4. The van der Waals surface area contributed by atoms with Crippen molar-refractivity contribution in [3.8, 4) is 0 Å². The Morgan fingerprint density at radius 3 is 1.96 bits per heavy atom. The van der Waals surface area contributed by atoms with E-state index in [0.717, 1.165) is 31.2 Å². The molecule has 0 radical (unpaired) electrons. The molecule has 7 heteroatoms. The summed E-state index contributed by atoms with van der Waals surface area (Å²) in [4.78, 5) is 23.4. The highest BCUT2D eigenvalue weighted by atomic mass is 19.4. The number of esters is 2. The summed E-state index contributed by atoms with van der Waals surface area (Å²) in [6, 6.07) is 3.94. The lowest BCUT2D eigenvalue weighted by Gasteiger charge is -2.24. The first-order valence-corrected chi connectivity index (χ1v) is 7.08. The van der Waals surface area contributed by atoms with Crippen LogP contribution in [0, 0.1) is 0 Å². The maximum atomic E-state index is 12.6. The van der Waals surface area contributed by atoms with Gasteiger partial charge in [-0.3, -0.25) is 4.79 Å². The van der Waals surface area contributed by atoms with Crippen molar-refractivity contribution in [3.63, 3.8) is 0 Å². The fraction of sp³-hybridized carbons (Fsp3) is 0.412. The Labute approximate surface area is 138 Å². The lowest BCUT2D eigenvalue weighted by atomic mass is 10.0. The fourth-order valence-electron chi connectivity index (χ4n) is 1.80. The summed E-state index contributed by atoms with van der Waals surface area (Å²) < 4.78 is 48.1. The third kappa shape index (κ3) is 5.72. The Kier molecular flexibility index (Phi) is 5.81. The molecule has 0 saturated heterocycles. The van der Waals surface area contributed by atoms with Crippen LogP contribution in [0.25, 0.3) is 0 Å². The van der Waals surface area contributed by atoms with Crippen LogP contribution in [0.3, 0.4) is 0 Å². The molecule has 0 aliphatic heterocycles. The second-order valence-electron chi connectivity index (χ2n) is 6.14. The number of halogens is 3. The Hall–Kier alpha value is -2.31. The predicted octanol–water partition coefficient (Wildman–Crippen LogP) is 4.21. The summed E-state index contributed by atoms with van der Waals surface area (Å²) in [5, 5.41) is 0. The van der Waals surface area contributed by atoms with E-state index in [4.69, 9.17) is 9.47 Å². The molecule has 0 aromatic heterocycles. The van der Waals surface area contributed by atoms with Gasteiger partial charge in [-0.2, -0.15) is 13.2 Å². The number of ether oxygens (including phenoxy) is 2. The molecular formula is C17H19F3O4. The van der Waals surface area contributed by atoms with Crippen LogP contribution in [0.1, 0.15) is 44.9 Å². The normalized spacial score (nSPS) is 13.1. The molecule has 0 saturated carbocycles. The Balaban J connectivity index is 3.11. The van der Waals surface area contributed by atoms with Crippen LogP contribution in [0.2, 0.25) is 0 Å². The van der Waals surface area contributed by atoms with Crippen molar-refractivity contribution in [2.45, 2.75) is 45.6 Å². The van der Waals surface area contributed by atoms with E-state index in [1.807, 2.05) is 0 Å². The molecular weight excluding hydrogens is 325 g/mol. The molecule has 24 heavy (non-hydrogen) atoms. The van der Waals surface area contributed by atoms with E-state index >= 15 is 0 Å². The summed E-state index contributed by atoms with van der Waals surface area (Å²) in [5.41, 5.74) is -1.63. The van der Waals surface area contributed by atoms with E-state index in [-0.39, 0.29) is 11.1 Å². The summed E-state index contributed by atoms with van der Waals surface area (Å²) in [6.07, 6.45) is -5.71. The molecule has 0 fully saturated rings. The van der Waals surface area contributed by atoms with Crippen molar-refractivity contribution in [3.05, 3.63) is 47.5 Å². The second kappa shape index (κ2) is 7.07. The Bertz CT molecular complexity index is 625. The molecule has 1 unspecified atom stereocenters. The van der Waals surface area contributed by atoms with Crippen molar-refractivity contribution in [1.29, 1.82) is 0 Å². The summed E-state index contributed by atoms with van der Waals surface area (Å²) >= 11 is 0. The van der Waals surface area contributed by atoms with Gasteiger partial charge in [-0.05, 0) is 38.5 Å². The molecule has 0 bridgehead atoms. The quantitative estimate of drug-likeness (QED) is 0.606. The first-order valence-electron chi connectivity index (χ1n) is 7.08. The van der Waals surface area contributed by atoms with Gasteiger partial charge in [0.1, 0.15) is 5.60 Å². The van der Waals surface area contributed by atoms with E-state index in [1.54, 1.807) is 20.8 Å². The van der Waals surface area contributed by atoms with E-state index < -0.39 is 35.4 Å². The number of carbonyl (C=O) groups is 2. The van der Waals surface area contributed by atoms with Crippen molar-refractivity contribution in [1.82, 2.24) is 0 Å². The largest absolute Gasteiger partial charge is 0.457 e. The average Bonchev–Trinajstić information content (AvgIpc) is 2.41. The third-order valence-corrected chi connectivity index (χ3v) is 2.80. The third-order valence-electron chi connectivity index (χ3n) is 2.80. The molecule has 1 atom stereocenters. The summed E-state index contributed by atoms with van der Waals surface area (Å²) in [7, 11) is 0. The van der Waals surface area contributed by atoms with Crippen LogP contribution < -0.4 is 0 Å². The number of hydrogen-bond donors (Lipinski definition) is 0. The van der Waals surface area contributed by atoms with Crippen molar-refractivity contribution >= 4 is 11.9 Å². The van der Waals surface area contributed by atoms with E-state index in [2.05, 4.69) is 6.58 Å². The van der Waals surface area contributed by atoms with Gasteiger partial charge >= 0.3 is 18.1 Å². The zero-order valence-corrected chi connectivity index (χ0v) is 13.9. The fourth-order valence-corrected chi connectivity index (χ4v) is 1.80. The molecule has 0 amide bonds. The van der Waals surface area contributed by atoms with Crippen molar-refractivity contribution < 1.29 is 32.2 Å². The second-order valence-corrected chi connectivity index (χ2v) is 6.14. The average molecular weight is 344 g/mol. The van der Waals surface area contributed by atoms with E-state index in [1.165, 1.54) is 0 Å². The molecule has 1 aromatic rings. The first kappa shape index (κ1) is 19.7. The molecule has 0 aliphatic carbocycles. The Morgan fingerprint density at radius 2 is 1.58 bits per heavy atom. The van der Waals surface area contributed by atoms with Gasteiger partial charge in [0.05, 0.1) is 11.1 Å². The standard InChI is InChI=1S/C17H19F3O4/c1-10(15(22)24-16(3,4)5)14(23-11(2)21)12-6-8-13(9-7-12)17(18,19)20/h6-9,14H,1H2,2-5H3. The molecule has 0 heterocycles. The number of benzene rings is 1. The molecule has 132 valence electrons. The van der Waals surface area contributed by atoms with Crippen LogP contribution in [-0.4, -0.2) is 17.5 Å². The van der Waals surface area contributed by atoms with Gasteiger partial charge in [0.25, 0.3) is 0 Å². The number of hydrogen-bond acceptors (Lipinski definition) is 4. The van der Waals surface area contributed by atoms with Crippen LogP contribution >= 0.6 is 0 Å². The van der Waals surface area contributed by atoms with Gasteiger partial charge < -0.3 is 9.47 Å². The zero-order chi connectivity index (χ0) is 18.7. The molecule has 4 nitrogen and oxygen atoms in total. The maximum Gasteiger partial charge on any atom is 0.416 e. The van der Waals surface area contributed by atoms with Gasteiger partial charge in [-0.25, -0.2) is 4.79 Å². The van der Waals surface area contributed by atoms with Gasteiger partial charge in [0, 0.05) is 6.92 Å². The van der Waals surface area contributed by atoms with Gasteiger partial charge in [0.15, 0.2) is 6.10 Å². The minimum atomic E-state index is -4.49. The predicted molar refractivity (Wildman–Crippen MR) is 80.9 cm³/mol. The van der Waals surface area contributed by atoms with Gasteiger partial charge in [0.2, 0.25) is 0 Å². The highest BCUT2D eigenvalue weighted by Crippen LogP contribution is 2.32. The van der Waals surface area contributed by atoms with Crippen LogP contribution in [0.5, 0.6) is 0 Å². The van der Waals surface area contributed by atoms with Crippen molar-refractivity contribution in [2.75, 3.05) is 0 Å². The smallest absolute Gasteiger partial charge is 0.416 e. The van der Waals surface area contributed by atoms with Crippen molar-refractivity contribution in [2.24, 2.45) is 0 Å². The lowest BCUT2D eigenvalue weighted by molar-refractivity contribution is -0.154. The maximum absolute atomic E-state index is 12.6. The molecule has 0 N–H and O–H groups in total. The first-order chi connectivity index (χ1) is 10.8. The Morgan fingerprint density at radius 1 is 1.08 bits per heavy atom. The molecule has 0 aliphatic rings. The van der Waals surface area contributed by atoms with E-state index in [9.17, 15) is 22.8 Å². The lowest BCUT2D eigenvalue weighted by Crippen LogP contribution is -2.27. The van der Waals surface area contributed by atoms with Crippen LogP contribution in [-0.2, 0) is 25.2 Å². The minimum Gasteiger partial charge on any atom is -0.457 e. The summed E-state index contributed by atoms with van der Waals surface area (Å²) in [6.45, 7) is 9.64. The van der Waals surface area contributed by atoms with Gasteiger partial charge in [-0.15, -0.1) is 0 Å². The molecule has 0 spiro atoms. The monoisotopic (exact) mass is 344 g/mol. The number of alkyl halides is 3. The SMILES string of the molecule is C=C(C(=O)OC(C)(C)C)C(OC(C)=O)c1ccc(C(F)(F)F)cc1. The zero-order valence-electron chi connectivity index (χ0n) is 13.9. The summed E-state index contributed by atoms with van der Waals surface area (Å²) in [5.74, 6) is -1.50.